The number of hydrogen-bond donors (Lipinski definition) is 1. The highest BCUT2D eigenvalue weighted by molar-refractivity contribution is 5.09. The van der Waals surface area contributed by atoms with Crippen molar-refractivity contribution in [2.75, 3.05) is 0 Å². The van der Waals surface area contributed by atoms with Crippen molar-refractivity contribution in [3.05, 3.63) is 30.1 Å². The lowest BCUT2D eigenvalue weighted by atomic mass is 10.1. The molecule has 0 fully saturated rings. The average molecular weight is 166 g/mol. The summed E-state index contributed by atoms with van der Waals surface area (Å²) in [5, 5.41) is 0. The molecule has 0 aromatic carbocycles. The van der Waals surface area contributed by atoms with Crippen LogP contribution in [0, 0.1) is 0 Å². The molecule has 1 rings (SSSR count). The van der Waals surface area contributed by atoms with Crippen LogP contribution in [0.25, 0.3) is 0 Å². The molecule has 0 spiro atoms. The molecule has 0 radical (unpaired) electrons. The van der Waals surface area contributed by atoms with E-state index in [-0.39, 0.29) is 6.15 Å². The van der Waals surface area contributed by atoms with Gasteiger partial charge >= 0.3 is 0 Å². The molecule has 3 N–H and O–H groups in total. The Morgan fingerprint density at radius 1 is 1.17 bits per heavy atom. The summed E-state index contributed by atoms with van der Waals surface area (Å²) in [5.41, 5.74) is 1.41. The van der Waals surface area contributed by atoms with Gasteiger partial charge in [-0.05, 0) is 30.5 Å². The van der Waals surface area contributed by atoms with Gasteiger partial charge in [0.1, 0.15) is 0 Å². The second-order valence-electron chi connectivity index (χ2n) is 2.81. The summed E-state index contributed by atoms with van der Waals surface area (Å²) in [6.07, 6.45) is 8.87. The summed E-state index contributed by atoms with van der Waals surface area (Å²) in [5.74, 6) is 0. The van der Waals surface area contributed by atoms with Crippen molar-refractivity contribution >= 4 is 0 Å². The van der Waals surface area contributed by atoms with Crippen LogP contribution in [0.2, 0.25) is 0 Å². The molecular formula is C10H18N2. The van der Waals surface area contributed by atoms with Gasteiger partial charge in [0.25, 0.3) is 0 Å². The van der Waals surface area contributed by atoms with Crippen molar-refractivity contribution in [3.8, 4) is 0 Å². The van der Waals surface area contributed by atoms with E-state index >= 15 is 0 Å². The van der Waals surface area contributed by atoms with Crippen molar-refractivity contribution in [1.82, 2.24) is 11.1 Å². The Balaban J connectivity index is 0.00000121. The van der Waals surface area contributed by atoms with E-state index in [4.69, 9.17) is 0 Å². The summed E-state index contributed by atoms with van der Waals surface area (Å²) >= 11 is 0. The lowest BCUT2D eigenvalue weighted by Gasteiger charge is -1.97. The Hall–Kier alpha value is -0.890. The fraction of sp³-hybridized carbons (Fsp3) is 0.500. The summed E-state index contributed by atoms with van der Waals surface area (Å²) in [7, 11) is 0. The van der Waals surface area contributed by atoms with Crippen LogP contribution in [-0.4, -0.2) is 4.98 Å². The Kier molecular flexibility index (Phi) is 6.29. The van der Waals surface area contributed by atoms with Gasteiger partial charge in [0.15, 0.2) is 0 Å². The number of aromatic nitrogens is 1. The summed E-state index contributed by atoms with van der Waals surface area (Å²) in [6.45, 7) is 2.23. The highest BCUT2D eigenvalue weighted by atomic mass is 14.6. The maximum absolute atomic E-state index is 3.97. The Bertz CT molecular complexity index is 184. The first-order chi connectivity index (χ1) is 5.43. The smallest absolute Gasteiger partial charge is 0.0270 e. The molecule has 1 aromatic rings. The lowest BCUT2D eigenvalue weighted by molar-refractivity contribution is 0.717. The van der Waals surface area contributed by atoms with Crippen LogP contribution in [0.1, 0.15) is 31.7 Å². The Labute approximate surface area is 74.6 Å². The lowest BCUT2D eigenvalue weighted by Crippen LogP contribution is -1.84. The average Bonchev–Trinajstić information content (AvgIpc) is 2.07. The predicted octanol–water partition coefficient (Wildman–Crippen LogP) is 2.98. The molecule has 68 valence electrons. The van der Waals surface area contributed by atoms with Gasteiger partial charge < -0.3 is 6.15 Å². The highest BCUT2D eigenvalue weighted by Crippen LogP contribution is 2.04. The third kappa shape index (κ3) is 4.09. The largest absolute Gasteiger partial charge is 0.344 e. The van der Waals surface area contributed by atoms with Crippen LogP contribution in [0.4, 0.5) is 0 Å². The summed E-state index contributed by atoms with van der Waals surface area (Å²) in [4.78, 5) is 3.97. The van der Waals surface area contributed by atoms with Gasteiger partial charge in [-0.3, -0.25) is 4.98 Å². The molecule has 0 saturated carbocycles. The molecule has 1 heterocycles. The minimum Gasteiger partial charge on any atom is -0.344 e. The van der Waals surface area contributed by atoms with Crippen LogP contribution in [0.3, 0.4) is 0 Å². The number of rotatable bonds is 4. The number of nitrogens with zero attached hydrogens (tertiary/aromatic N) is 1. The van der Waals surface area contributed by atoms with Crippen LogP contribution >= 0.6 is 0 Å². The second kappa shape index (κ2) is 6.80. The fourth-order valence-electron chi connectivity index (χ4n) is 1.13. The molecule has 0 atom stereocenters. The van der Waals surface area contributed by atoms with Crippen LogP contribution in [0.5, 0.6) is 0 Å². The molecule has 0 aliphatic carbocycles. The maximum atomic E-state index is 3.97. The first kappa shape index (κ1) is 11.1. The Morgan fingerprint density at radius 3 is 2.42 bits per heavy atom. The quantitative estimate of drug-likeness (QED) is 0.699. The van der Waals surface area contributed by atoms with E-state index in [2.05, 4.69) is 24.0 Å². The van der Waals surface area contributed by atoms with Crippen LogP contribution < -0.4 is 6.15 Å². The molecule has 0 aliphatic heterocycles. The monoisotopic (exact) mass is 166 g/mol. The zero-order valence-corrected chi connectivity index (χ0v) is 7.79. The fourth-order valence-corrected chi connectivity index (χ4v) is 1.13. The third-order valence-corrected chi connectivity index (χ3v) is 1.82. The van der Waals surface area contributed by atoms with E-state index in [0.29, 0.717) is 0 Å². The first-order valence-electron chi connectivity index (χ1n) is 4.32. The van der Waals surface area contributed by atoms with Crippen molar-refractivity contribution in [2.45, 2.75) is 32.6 Å². The van der Waals surface area contributed by atoms with Gasteiger partial charge in [-0.15, -0.1) is 0 Å². The van der Waals surface area contributed by atoms with Crippen molar-refractivity contribution < 1.29 is 0 Å². The molecule has 12 heavy (non-hydrogen) atoms. The van der Waals surface area contributed by atoms with Gasteiger partial charge in [0, 0.05) is 12.4 Å². The molecule has 2 heteroatoms. The van der Waals surface area contributed by atoms with Gasteiger partial charge in [-0.1, -0.05) is 19.8 Å². The van der Waals surface area contributed by atoms with Crippen LogP contribution in [-0.2, 0) is 6.42 Å². The molecule has 0 aliphatic rings. The normalized spacial score (nSPS) is 9.08. The van der Waals surface area contributed by atoms with Crippen LogP contribution in [0.15, 0.2) is 24.5 Å². The predicted molar refractivity (Wildman–Crippen MR) is 52.5 cm³/mol. The minimum absolute atomic E-state index is 0. The molecule has 1 aromatic heterocycles. The molecule has 2 nitrogen and oxygen atoms in total. The number of pyridine rings is 1. The number of unbranched alkanes of at least 4 members (excludes halogenated alkanes) is 2. The van der Waals surface area contributed by atoms with E-state index in [1.54, 1.807) is 0 Å². The second-order valence-corrected chi connectivity index (χ2v) is 2.81. The van der Waals surface area contributed by atoms with E-state index < -0.39 is 0 Å². The highest BCUT2D eigenvalue weighted by Gasteiger charge is 1.89. The topological polar surface area (TPSA) is 47.9 Å². The minimum atomic E-state index is 0. The molecule has 0 unspecified atom stereocenters. The standard InChI is InChI=1S/C10H15N.H3N/c1-2-3-4-5-10-6-8-11-9-7-10;/h6-9H,2-5H2,1H3;1H3. The van der Waals surface area contributed by atoms with E-state index in [1.807, 2.05) is 12.4 Å². The molecule has 0 amide bonds. The third-order valence-electron chi connectivity index (χ3n) is 1.82. The molecule has 0 bridgehead atoms. The van der Waals surface area contributed by atoms with E-state index in [9.17, 15) is 0 Å². The summed E-state index contributed by atoms with van der Waals surface area (Å²) < 4.78 is 0. The number of aryl methyl sites for hydroxylation is 1. The van der Waals surface area contributed by atoms with Gasteiger partial charge in [-0.2, -0.15) is 0 Å². The molecular weight excluding hydrogens is 148 g/mol. The zero-order valence-electron chi connectivity index (χ0n) is 7.79. The zero-order chi connectivity index (χ0) is 7.94. The van der Waals surface area contributed by atoms with Crippen molar-refractivity contribution in [2.24, 2.45) is 0 Å². The summed E-state index contributed by atoms with van der Waals surface area (Å²) in [6, 6.07) is 4.19. The van der Waals surface area contributed by atoms with E-state index in [0.717, 1.165) is 0 Å². The Morgan fingerprint density at radius 2 is 1.83 bits per heavy atom. The van der Waals surface area contributed by atoms with Gasteiger partial charge in [0.05, 0.1) is 0 Å². The van der Waals surface area contributed by atoms with Crippen molar-refractivity contribution in [3.63, 3.8) is 0 Å². The maximum Gasteiger partial charge on any atom is 0.0270 e. The number of hydrogen-bond acceptors (Lipinski definition) is 2. The van der Waals surface area contributed by atoms with Gasteiger partial charge in [-0.25, -0.2) is 0 Å². The van der Waals surface area contributed by atoms with E-state index in [1.165, 1.54) is 31.2 Å². The van der Waals surface area contributed by atoms with Crippen molar-refractivity contribution in [1.29, 1.82) is 0 Å². The SMILES string of the molecule is CCCCCc1ccncc1.N. The first-order valence-corrected chi connectivity index (χ1v) is 4.32. The van der Waals surface area contributed by atoms with Gasteiger partial charge in [0.2, 0.25) is 0 Å². The molecule has 0 saturated heterocycles.